The van der Waals surface area contributed by atoms with Gasteiger partial charge in [-0.2, -0.15) is 0 Å². The number of carbonyl (C=O) groups excluding carboxylic acids is 1. The molecule has 0 unspecified atom stereocenters. The maximum absolute atomic E-state index is 11.6. The zero-order chi connectivity index (χ0) is 14.7. The third-order valence-electron chi connectivity index (χ3n) is 3.00. The second-order valence-electron chi connectivity index (χ2n) is 6.07. The van der Waals surface area contributed by atoms with Crippen LogP contribution in [0.15, 0.2) is 0 Å². The van der Waals surface area contributed by atoms with Crippen molar-refractivity contribution < 1.29 is 17.9 Å². The fraction of sp³-hybridized carbons (Fsp3) is 0.917. The lowest BCUT2D eigenvalue weighted by Crippen LogP contribution is -2.41. The van der Waals surface area contributed by atoms with Crippen molar-refractivity contribution in [2.75, 3.05) is 5.75 Å². The lowest BCUT2D eigenvalue weighted by molar-refractivity contribution is 0.0488. The lowest BCUT2D eigenvalue weighted by atomic mass is 9.87. The monoisotopic (exact) mass is 311 g/mol. The SMILES string of the molecule is CC(C)(C)OC(=O)NC1CCC(CS(=O)(=O)Cl)CC1. The first kappa shape index (κ1) is 16.6. The van der Waals surface area contributed by atoms with Crippen LogP contribution in [0.3, 0.4) is 0 Å². The molecule has 1 aliphatic rings. The van der Waals surface area contributed by atoms with Crippen LogP contribution in [0.4, 0.5) is 4.79 Å². The van der Waals surface area contributed by atoms with Gasteiger partial charge in [0.2, 0.25) is 9.05 Å². The Bertz CT molecular complexity index is 408. The molecule has 19 heavy (non-hydrogen) atoms. The number of amides is 1. The van der Waals surface area contributed by atoms with Crippen molar-refractivity contribution in [1.29, 1.82) is 0 Å². The van der Waals surface area contributed by atoms with Gasteiger partial charge in [-0.25, -0.2) is 13.2 Å². The predicted octanol–water partition coefficient (Wildman–Crippen LogP) is 2.64. The largest absolute Gasteiger partial charge is 0.444 e. The molecule has 1 fully saturated rings. The van der Waals surface area contributed by atoms with Crippen molar-refractivity contribution in [3.8, 4) is 0 Å². The first-order chi connectivity index (χ1) is 8.55. The zero-order valence-electron chi connectivity index (χ0n) is 11.6. The van der Waals surface area contributed by atoms with E-state index in [9.17, 15) is 13.2 Å². The molecule has 7 heteroatoms. The number of hydrogen-bond donors (Lipinski definition) is 1. The predicted molar refractivity (Wildman–Crippen MR) is 74.8 cm³/mol. The molecule has 1 aliphatic carbocycles. The van der Waals surface area contributed by atoms with Crippen molar-refractivity contribution >= 4 is 25.8 Å². The third kappa shape index (κ3) is 7.62. The second-order valence-corrected chi connectivity index (χ2v) is 8.89. The molecular formula is C12H22ClNO4S. The zero-order valence-corrected chi connectivity index (χ0v) is 13.2. The van der Waals surface area contributed by atoms with Crippen LogP contribution < -0.4 is 5.32 Å². The van der Waals surface area contributed by atoms with Crippen molar-refractivity contribution in [3.05, 3.63) is 0 Å². The molecule has 0 saturated heterocycles. The summed E-state index contributed by atoms with van der Waals surface area (Å²) >= 11 is 0. The summed E-state index contributed by atoms with van der Waals surface area (Å²) in [7, 11) is 1.81. The van der Waals surface area contributed by atoms with E-state index in [4.69, 9.17) is 15.4 Å². The van der Waals surface area contributed by atoms with Crippen LogP contribution in [0.2, 0.25) is 0 Å². The summed E-state index contributed by atoms with van der Waals surface area (Å²) in [5.41, 5.74) is -0.506. The molecule has 112 valence electrons. The normalized spacial score (nSPS) is 24.8. The molecule has 1 amide bonds. The molecule has 1 rings (SSSR count). The molecule has 0 aliphatic heterocycles. The highest BCUT2D eigenvalue weighted by molar-refractivity contribution is 8.13. The number of halogens is 1. The fourth-order valence-corrected chi connectivity index (χ4v) is 3.66. The number of carbonyl (C=O) groups is 1. The number of alkyl carbamates (subject to hydrolysis) is 1. The first-order valence-corrected chi connectivity index (χ1v) is 8.95. The van der Waals surface area contributed by atoms with Crippen LogP contribution in [0.25, 0.3) is 0 Å². The molecule has 0 aromatic heterocycles. The minimum Gasteiger partial charge on any atom is -0.444 e. The summed E-state index contributed by atoms with van der Waals surface area (Å²) in [6.07, 6.45) is 2.62. The maximum Gasteiger partial charge on any atom is 0.407 e. The van der Waals surface area contributed by atoms with E-state index >= 15 is 0 Å². The van der Waals surface area contributed by atoms with Gasteiger partial charge in [0.15, 0.2) is 0 Å². The molecule has 0 atom stereocenters. The summed E-state index contributed by atoms with van der Waals surface area (Å²) in [6.45, 7) is 5.44. The maximum atomic E-state index is 11.6. The highest BCUT2D eigenvalue weighted by Crippen LogP contribution is 2.26. The number of ether oxygens (including phenoxy) is 1. The molecule has 0 aromatic rings. The molecule has 0 bridgehead atoms. The fourth-order valence-electron chi connectivity index (χ4n) is 2.23. The van der Waals surface area contributed by atoms with Gasteiger partial charge in [0.1, 0.15) is 5.60 Å². The molecule has 0 radical (unpaired) electrons. The Morgan fingerprint density at radius 3 is 2.21 bits per heavy atom. The Morgan fingerprint density at radius 2 is 1.79 bits per heavy atom. The first-order valence-electron chi connectivity index (χ1n) is 6.47. The van der Waals surface area contributed by atoms with Crippen molar-refractivity contribution in [1.82, 2.24) is 5.32 Å². The average molecular weight is 312 g/mol. The highest BCUT2D eigenvalue weighted by atomic mass is 35.7. The van der Waals surface area contributed by atoms with Gasteiger partial charge in [0, 0.05) is 16.7 Å². The van der Waals surface area contributed by atoms with Crippen molar-refractivity contribution in [3.63, 3.8) is 0 Å². The summed E-state index contributed by atoms with van der Waals surface area (Å²) in [6, 6.07) is 0.0594. The van der Waals surface area contributed by atoms with E-state index < -0.39 is 20.7 Å². The van der Waals surface area contributed by atoms with E-state index in [0.29, 0.717) is 0 Å². The van der Waals surface area contributed by atoms with Crippen LogP contribution in [0.1, 0.15) is 46.5 Å². The average Bonchev–Trinajstić information content (AvgIpc) is 2.15. The van der Waals surface area contributed by atoms with E-state index in [1.165, 1.54) is 0 Å². The standard InChI is InChI=1S/C12H22ClNO4S/c1-12(2,3)18-11(15)14-10-6-4-9(5-7-10)8-19(13,16)17/h9-10H,4-8H2,1-3H3,(H,14,15). The van der Waals surface area contributed by atoms with Crippen LogP contribution in [0, 0.1) is 5.92 Å². The Kier molecular flexibility index (Phi) is 5.50. The molecule has 1 N–H and O–H groups in total. The van der Waals surface area contributed by atoms with E-state index in [0.717, 1.165) is 25.7 Å². The summed E-state index contributed by atoms with van der Waals surface area (Å²) in [5, 5.41) is 2.82. The number of rotatable bonds is 3. The third-order valence-corrected chi connectivity index (χ3v) is 4.25. The van der Waals surface area contributed by atoms with Crippen molar-refractivity contribution in [2.45, 2.75) is 58.1 Å². The topological polar surface area (TPSA) is 72.5 Å². The van der Waals surface area contributed by atoms with Crippen molar-refractivity contribution in [2.24, 2.45) is 5.92 Å². The van der Waals surface area contributed by atoms with Gasteiger partial charge in [-0.05, 0) is 52.4 Å². The summed E-state index contributed by atoms with van der Waals surface area (Å²) in [4.78, 5) is 11.6. The van der Waals surface area contributed by atoms with E-state index in [-0.39, 0.29) is 17.7 Å². The van der Waals surface area contributed by atoms with Crippen LogP contribution in [0.5, 0.6) is 0 Å². The quantitative estimate of drug-likeness (QED) is 0.813. The van der Waals surface area contributed by atoms with E-state index in [1.54, 1.807) is 0 Å². The second kappa shape index (κ2) is 6.31. The Morgan fingerprint density at radius 1 is 1.26 bits per heavy atom. The van der Waals surface area contributed by atoms with Gasteiger partial charge in [-0.1, -0.05) is 0 Å². The van der Waals surface area contributed by atoms with Gasteiger partial charge in [-0.3, -0.25) is 0 Å². The molecule has 0 aromatic carbocycles. The van der Waals surface area contributed by atoms with Crippen LogP contribution in [-0.4, -0.2) is 31.9 Å². The molecule has 5 nitrogen and oxygen atoms in total. The molecule has 0 spiro atoms. The van der Waals surface area contributed by atoms with Gasteiger partial charge >= 0.3 is 6.09 Å². The Hall–Kier alpha value is -0.490. The van der Waals surface area contributed by atoms with Gasteiger partial charge in [-0.15, -0.1) is 0 Å². The number of hydrogen-bond acceptors (Lipinski definition) is 4. The van der Waals surface area contributed by atoms with E-state index in [2.05, 4.69) is 5.32 Å². The smallest absolute Gasteiger partial charge is 0.407 e. The summed E-state index contributed by atoms with van der Waals surface area (Å²) < 4.78 is 27.2. The molecular weight excluding hydrogens is 290 g/mol. The van der Waals surface area contributed by atoms with Crippen LogP contribution in [-0.2, 0) is 13.8 Å². The van der Waals surface area contributed by atoms with Gasteiger partial charge < -0.3 is 10.1 Å². The molecule has 1 saturated carbocycles. The van der Waals surface area contributed by atoms with Gasteiger partial charge in [0.05, 0.1) is 5.75 Å². The minimum absolute atomic E-state index is 0.0215. The highest BCUT2D eigenvalue weighted by Gasteiger charge is 2.26. The van der Waals surface area contributed by atoms with Crippen LogP contribution >= 0.6 is 10.7 Å². The minimum atomic E-state index is -3.43. The molecule has 0 heterocycles. The number of nitrogens with one attached hydrogen (secondary N) is 1. The van der Waals surface area contributed by atoms with E-state index in [1.807, 2.05) is 20.8 Å². The lowest BCUT2D eigenvalue weighted by Gasteiger charge is -2.29. The Labute approximate surface area is 119 Å². The van der Waals surface area contributed by atoms with Gasteiger partial charge in [0.25, 0.3) is 0 Å². The Balaban J connectivity index is 2.33. The summed E-state index contributed by atoms with van der Waals surface area (Å²) in [5.74, 6) is 0.118.